The zero-order valence-corrected chi connectivity index (χ0v) is 12.4. The molecule has 1 aromatic rings. The molecule has 4 nitrogen and oxygen atoms in total. The lowest BCUT2D eigenvalue weighted by molar-refractivity contribution is -0.123. The van der Waals surface area contributed by atoms with E-state index in [-0.39, 0.29) is 24.2 Å². The van der Waals surface area contributed by atoms with E-state index in [2.05, 4.69) is 10.6 Å². The van der Waals surface area contributed by atoms with Crippen LogP contribution in [0.3, 0.4) is 0 Å². The number of nitrogens with one attached hydrogen (secondary N) is 2. The molecule has 0 aromatic heterocycles. The van der Waals surface area contributed by atoms with Crippen LogP contribution in [0.25, 0.3) is 0 Å². The Balaban J connectivity index is 1.66. The molecule has 0 unspecified atom stereocenters. The Morgan fingerprint density at radius 1 is 1.10 bits per heavy atom. The molecular formula is C14H16Cl2N2O2. The second-order valence-electron chi connectivity index (χ2n) is 4.84. The zero-order chi connectivity index (χ0) is 14.5. The molecule has 20 heavy (non-hydrogen) atoms. The standard InChI is InChI=1S/C14H16Cl2N2O2/c15-11-4-1-9(7-12(11)16)8-13(19)17-5-6-18-14(20)10-2-3-10/h1,4,7,10H,2-3,5-6,8H2,(H,17,19)(H,18,20). The van der Waals surface area contributed by atoms with Crippen molar-refractivity contribution in [3.8, 4) is 0 Å². The quantitative estimate of drug-likeness (QED) is 0.791. The highest BCUT2D eigenvalue weighted by Gasteiger charge is 2.28. The first-order chi connectivity index (χ1) is 9.56. The largest absolute Gasteiger partial charge is 0.354 e. The molecule has 0 bridgehead atoms. The van der Waals surface area contributed by atoms with Crippen molar-refractivity contribution >= 4 is 35.0 Å². The van der Waals surface area contributed by atoms with Gasteiger partial charge < -0.3 is 10.6 Å². The molecule has 2 amide bonds. The molecule has 2 rings (SSSR count). The van der Waals surface area contributed by atoms with Crippen molar-refractivity contribution in [2.45, 2.75) is 19.3 Å². The van der Waals surface area contributed by atoms with Crippen LogP contribution < -0.4 is 10.6 Å². The van der Waals surface area contributed by atoms with Crippen LogP contribution in [0.15, 0.2) is 18.2 Å². The second kappa shape index (κ2) is 6.95. The van der Waals surface area contributed by atoms with Gasteiger partial charge in [-0.05, 0) is 30.5 Å². The molecule has 0 saturated heterocycles. The number of carbonyl (C=O) groups excluding carboxylic acids is 2. The molecule has 1 aromatic carbocycles. The first-order valence-corrected chi connectivity index (χ1v) is 7.30. The maximum atomic E-state index is 11.7. The molecule has 1 fully saturated rings. The van der Waals surface area contributed by atoms with Gasteiger partial charge in [0.25, 0.3) is 0 Å². The van der Waals surface area contributed by atoms with Gasteiger partial charge in [0.1, 0.15) is 0 Å². The predicted molar refractivity (Wildman–Crippen MR) is 78.9 cm³/mol. The number of benzene rings is 1. The summed E-state index contributed by atoms with van der Waals surface area (Å²) in [6.45, 7) is 0.890. The molecule has 1 saturated carbocycles. The van der Waals surface area contributed by atoms with Crippen LogP contribution in [-0.4, -0.2) is 24.9 Å². The number of halogens is 2. The molecule has 1 aliphatic carbocycles. The minimum Gasteiger partial charge on any atom is -0.354 e. The maximum Gasteiger partial charge on any atom is 0.224 e. The van der Waals surface area contributed by atoms with Crippen molar-refractivity contribution in [2.24, 2.45) is 5.92 Å². The fourth-order valence-corrected chi connectivity index (χ4v) is 2.10. The lowest BCUT2D eigenvalue weighted by atomic mass is 10.1. The minimum atomic E-state index is -0.107. The molecule has 0 spiro atoms. The Kier molecular flexibility index (Phi) is 5.26. The Bertz CT molecular complexity index is 516. The topological polar surface area (TPSA) is 58.2 Å². The van der Waals surface area contributed by atoms with Gasteiger partial charge in [0.15, 0.2) is 0 Å². The normalized spacial score (nSPS) is 13.9. The minimum absolute atomic E-state index is 0.0868. The van der Waals surface area contributed by atoms with Crippen molar-refractivity contribution in [2.75, 3.05) is 13.1 Å². The van der Waals surface area contributed by atoms with E-state index in [0.29, 0.717) is 23.1 Å². The summed E-state index contributed by atoms with van der Waals surface area (Å²) in [5, 5.41) is 6.45. The molecule has 108 valence electrons. The van der Waals surface area contributed by atoms with Crippen molar-refractivity contribution < 1.29 is 9.59 Å². The summed E-state index contributed by atoms with van der Waals surface area (Å²) < 4.78 is 0. The number of hydrogen-bond donors (Lipinski definition) is 2. The highest BCUT2D eigenvalue weighted by atomic mass is 35.5. The van der Waals surface area contributed by atoms with Crippen LogP contribution in [0.1, 0.15) is 18.4 Å². The van der Waals surface area contributed by atoms with Gasteiger partial charge in [0.2, 0.25) is 11.8 Å². The predicted octanol–water partition coefficient (Wildman–Crippen LogP) is 2.18. The van der Waals surface area contributed by atoms with Gasteiger partial charge >= 0.3 is 0 Å². The van der Waals surface area contributed by atoms with E-state index in [4.69, 9.17) is 23.2 Å². The van der Waals surface area contributed by atoms with Gasteiger partial charge in [-0.2, -0.15) is 0 Å². The molecule has 6 heteroatoms. The first kappa shape index (κ1) is 15.1. The van der Waals surface area contributed by atoms with Crippen LogP contribution in [-0.2, 0) is 16.0 Å². The summed E-state index contributed by atoms with van der Waals surface area (Å²) in [7, 11) is 0. The third-order valence-corrected chi connectivity index (χ3v) is 3.78. The van der Waals surface area contributed by atoms with Crippen molar-refractivity contribution in [1.29, 1.82) is 0 Å². The van der Waals surface area contributed by atoms with Crippen LogP contribution in [0, 0.1) is 5.92 Å². The molecule has 0 radical (unpaired) electrons. The third kappa shape index (κ3) is 4.69. The fraction of sp³-hybridized carbons (Fsp3) is 0.429. The van der Waals surface area contributed by atoms with Crippen LogP contribution in [0.2, 0.25) is 10.0 Å². The van der Waals surface area contributed by atoms with Crippen molar-refractivity contribution in [1.82, 2.24) is 10.6 Å². The monoisotopic (exact) mass is 314 g/mol. The molecule has 0 aliphatic heterocycles. The van der Waals surface area contributed by atoms with Gasteiger partial charge in [0, 0.05) is 19.0 Å². The number of amides is 2. The second-order valence-corrected chi connectivity index (χ2v) is 5.65. The lowest BCUT2D eigenvalue weighted by Crippen LogP contribution is -2.35. The van der Waals surface area contributed by atoms with Crippen LogP contribution >= 0.6 is 23.2 Å². The number of carbonyl (C=O) groups is 2. The van der Waals surface area contributed by atoms with Crippen LogP contribution in [0.5, 0.6) is 0 Å². The van der Waals surface area contributed by atoms with E-state index in [0.717, 1.165) is 18.4 Å². The Morgan fingerprint density at radius 3 is 2.45 bits per heavy atom. The van der Waals surface area contributed by atoms with Gasteiger partial charge in [-0.15, -0.1) is 0 Å². The summed E-state index contributed by atoms with van der Waals surface area (Å²) in [4.78, 5) is 23.1. The van der Waals surface area contributed by atoms with E-state index >= 15 is 0 Å². The van der Waals surface area contributed by atoms with E-state index in [1.54, 1.807) is 18.2 Å². The molecule has 1 aliphatic rings. The average molecular weight is 315 g/mol. The summed E-state index contributed by atoms with van der Waals surface area (Å²) in [6.07, 6.45) is 2.21. The van der Waals surface area contributed by atoms with Crippen LogP contribution in [0.4, 0.5) is 0 Å². The number of rotatable bonds is 6. The smallest absolute Gasteiger partial charge is 0.224 e. The van der Waals surface area contributed by atoms with E-state index in [1.165, 1.54) is 0 Å². The van der Waals surface area contributed by atoms with Gasteiger partial charge in [-0.25, -0.2) is 0 Å². The maximum absolute atomic E-state index is 11.7. The zero-order valence-electron chi connectivity index (χ0n) is 10.9. The van der Waals surface area contributed by atoms with E-state index in [9.17, 15) is 9.59 Å². The fourth-order valence-electron chi connectivity index (χ4n) is 1.77. The summed E-state index contributed by atoms with van der Waals surface area (Å²) in [6, 6.07) is 5.11. The first-order valence-electron chi connectivity index (χ1n) is 6.54. The lowest BCUT2D eigenvalue weighted by Gasteiger charge is -2.07. The molecule has 0 heterocycles. The average Bonchev–Trinajstić information content (AvgIpc) is 3.23. The molecule has 2 N–H and O–H groups in total. The highest BCUT2D eigenvalue weighted by molar-refractivity contribution is 6.42. The Labute approximate surface area is 127 Å². The number of hydrogen-bond acceptors (Lipinski definition) is 2. The van der Waals surface area contributed by atoms with Crippen molar-refractivity contribution in [3.63, 3.8) is 0 Å². The van der Waals surface area contributed by atoms with Gasteiger partial charge in [-0.1, -0.05) is 29.3 Å². The summed E-state index contributed by atoms with van der Waals surface area (Å²) in [5.41, 5.74) is 0.805. The molecular weight excluding hydrogens is 299 g/mol. The van der Waals surface area contributed by atoms with Gasteiger partial charge in [0.05, 0.1) is 16.5 Å². The Morgan fingerprint density at radius 2 is 1.80 bits per heavy atom. The van der Waals surface area contributed by atoms with E-state index in [1.807, 2.05) is 0 Å². The highest BCUT2D eigenvalue weighted by Crippen LogP contribution is 2.28. The van der Waals surface area contributed by atoms with Gasteiger partial charge in [-0.3, -0.25) is 9.59 Å². The SMILES string of the molecule is O=C(Cc1ccc(Cl)c(Cl)c1)NCCNC(=O)C1CC1. The molecule has 0 atom stereocenters. The van der Waals surface area contributed by atoms with Crippen molar-refractivity contribution in [3.05, 3.63) is 33.8 Å². The van der Waals surface area contributed by atoms with E-state index < -0.39 is 0 Å². The summed E-state index contributed by atoms with van der Waals surface area (Å²) >= 11 is 11.7. The third-order valence-electron chi connectivity index (χ3n) is 3.04. The Hall–Kier alpha value is -1.26. The summed E-state index contributed by atoms with van der Waals surface area (Å²) in [5.74, 6) is 0.176.